The number of carbonyl (C=O) groups excluding carboxylic acids is 1. The predicted octanol–water partition coefficient (Wildman–Crippen LogP) is 2.25. The summed E-state index contributed by atoms with van der Waals surface area (Å²) in [5.74, 6) is 0.487. The zero-order valence-electron chi connectivity index (χ0n) is 21.2. The Bertz CT molecular complexity index is 1210. The van der Waals surface area contributed by atoms with Crippen molar-refractivity contribution in [2.45, 2.75) is 43.2 Å². The van der Waals surface area contributed by atoms with Gasteiger partial charge in [0.15, 0.2) is 0 Å². The van der Waals surface area contributed by atoms with Gasteiger partial charge < -0.3 is 0 Å². The zero-order chi connectivity index (χ0) is 26.4. The van der Waals surface area contributed by atoms with Crippen molar-refractivity contribution in [1.82, 2.24) is 19.5 Å². The van der Waals surface area contributed by atoms with Gasteiger partial charge in [-0.15, -0.1) is 0 Å². The molecule has 200 valence electrons. The van der Waals surface area contributed by atoms with E-state index in [1.54, 1.807) is 14.7 Å². The van der Waals surface area contributed by atoms with Crippen LogP contribution >= 0.6 is 19.6 Å². The van der Waals surface area contributed by atoms with E-state index in [1.165, 1.54) is 25.0 Å². The van der Waals surface area contributed by atoms with Crippen molar-refractivity contribution in [2.75, 3.05) is 32.9 Å². The molecule has 37 heavy (non-hydrogen) atoms. The van der Waals surface area contributed by atoms with E-state index in [1.807, 2.05) is 29.7 Å². The number of anilines is 1. The second-order valence-corrected chi connectivity index (χ2v) is 12.0. The molecule has 3 aromatic rings. The number of hydrogen-bond acceptors (Lipinski definition) is 12. The molecule has 3 heterocycles. The van der Waals surface area contributed by atoms with Crippen molar-refractivity contribution < 1.29 is 32.6 Å². The third-order valence-corrected chi connectivity index (χ3v) is 8.65. The Morgan fingerprint density at radius 2 is 2.03 bits per heavy atom. The number of hydrogen-bond donors (Lipinski definition) is 1. The van der Waals surface area contributed by atoms with E-state index in [-0.39, 0.29) is 31.9 Å². The molecule has 1 saturated heterocycles. The number of rotatable bonds is 8. The van der Waals surface area contributed by atoms with Crippen LogP contribution in [-0.4, -0.2) is 72.4 Å². The number of carbonyl (C=O) groups is 1. The number of esters is 1. The van der Waals surface area contributed by atoms with Crippen LogP contribution in [0.3, 0.4) is 0 Å². The van der Waals surface area contributed by atoms with Gasteiger partial charge in [-0.2, -0.15) is 0 Å². The standard InChI is InChI=1S/C22H31BN5O7PS/c1-14-9-32-36(23,34-13-31-15(2)29)33-10-17(30-3)21(35-14)28-20-18(19(24)25-12-26-20)27-22(28)37-11-16-7-5-4-6-8-16/h4-8,12,14,17,21,36H,9-11,13,23H2,1-3H3,(H2,24,25,26)/t14-,17-,21+/m0/s1. The van der Waals surface area contributed by atoms with Gasteiger partial charge in [0, 0.05) is 0 Å². The van der Waals surface area contributed by atoms with Gasteiger partial charge in [-0.1, -0.05) is 0 Å². The van der Waals surface area contributed by atoms with Gasteiger partial charge in [0.05, 0.1) is 0 Å². The van der Waals surface area contributed by atoms with Crippen LogP contribution in [0.4, 0.5) is 5.82 Å². The molecule has 12 nitrogen and oxygen atoms in total. The van der Waals surface area contributed by atoms with Gasteiger partial charge in [-0.3, -0.25) is 0 Å². The van der Waals surface area contributed by atoms with Crippen LogP contribution in [0.1, 0.15) is 25.6 Å². The van der Waals surface area contributed by atoms with Crippen LogP contribution < -0.4 is 5.73 Å². The first-order valence-electron chi connectivity index (χ1n) is 11.7. The molecule has 15 heteroatoms. The van der Waals surface area contributed by atoms with E-state index in [9.17, 15) is 4.79 Å². The van der Waals surface area contributed by atoms with Crippen LogP contribution in [0, 0.1) is 0 Å². The van der Waals surface area contributed by atoms with Crippen LogP contribution in [-0.2, 0) is 38.3 Å². The zero-order valence-corrected chi connectivity index (χ0v) is 23.0. The van der Waals surface area contributed by atoms with Gasteiger partial charge >= 0.3 is 220 Å². The fraction of sp³-hybridized carbons (Fsp3) is 0.455. The van der Waals surface area contributed by atoms with Gasteiger partial charge in [0.25, 0.3) is 0 Å². The molecular weight excluding hydrogens is 520 g/mol. The molecule has 1 fully saturated rings. The summed E-state index contributed by atoms with van der Waals surface area (Å²) in [6.07, 6.45) is -0.241. The number of fused-ring (bicyclic) bond motifs is 1. The minimum atomic E-state index is -3.18. The van der Waals surface area contributed by atoms with E-state index in [2.05, 4.69) is 22.1 Å². The summed E-state index contributed by atoms with van der Waals surface area (Å²) in [6.45, 7) is 3.19. The van der Waals surface area contributed by atoms with Crippen molar-refractivity contribution in [3.63, 3.8) is 0 Å². The topological polar surface area (TPSA) is 142 Å². The first-order valence-corrected chi connectivity index (χ1v) is 14.9. The molecular formula is C22H31BN5O7PS. The van der Waals surface area contributed by atoms with Crippen LogP contribution in [0.15, 0.2) is 41.8 Å². The van der Waals surface area contributed by atoms with Crippen molar-refractivity contribution in [3.05, 3.63) is 42.2 Å². The number of nitrogen functional groups attached to an aromatic ring is 1. The van der Waals surface area contributed by atoms with E-state index in [4.69, 9.17) is 38.5 Å². The molecule has 0 unspecified atom stereocenters. The van der Waals surface area contributed by atoms with Gasteiger partial charge in [-0.05, 0) is 0 Å². The van der Waals surface area contributed by atoms with Crippen LogP contribution in [0.5, 0.6) is 0 Å². The average Bonchev–Trinajstić information content (AvgIpc) is 3.27. The molecule has 0 bridgehead atoms. The summed E-state index contributed by atoms with van der Waals surface area (Å²) in [4.78, 5) is 24.5. The first kappa shape index (κ1) is 27.7. The van der Waals surface area contributed by atoms with E-state index in [0.717, 1.165) is 5.56 Å². The van der Waals surface area contributed by atoms with Crippen molar-refractivity contribution in [1.29, 1.82) is 0 Å². The van der Waals surface area contributed by atoms with Crippen molar-refractivity contribution in [3.8, 4) is 0 Å². The second kappa shape index (κ2) is 12.5. The molecule has 0 spiro atoms. The van der Waals surface area contributed by atoms with Gasteiger partial charge in [0.2, 0.25) is 0 Å². The van der Waals surface area contributed by atoms with Crippen LogP contribution in [0.2, 0.25) is 0 Å². The Hall–Kier alpha value is -2.32. The Labute approximate surface area is 220 Å². The molecule has 1 aliphatic rings. The molecule has 0 aliphatic carbocycles. The fourth-order valence-corrected chi connectivity index (χ4v) is 6.17. The number of imidazole rings is 1. The Morgan fingerprint density at radius 1 is 1.27 bits per heavy atom. The third-order valence-electron chi connectivity index (χ3n) is 5.60. The molecule has 1 aromatic carbocycles. The summed E-state index contributed by atoms with van der Waals surface area (Å²) in [5.41, 5.74) is 8.29. The average molecular weight is 551 g/mol. The van der Waals surface area contributed by atoms with E-state index < -0.39 is 26.1 Å². The maximum absolute atomic E-state index is 11.2. The molecule has 0 saturated carbocycles. The summed E-state index contributed by atoms with van der Waals surface area (Å²) in [6, 6.07) is 10.1. The predicted molar refractivity (Wildman–Crippen MR) is 143 cm³/mol. The maximum atomic E-state index is 11.2. The molecule has 2 aromatic heterocycles. The second-order valence-electron chi connectivity index (χ2n) is 8.46. The van der Waals surface area contributed by atoms with Crippen molar-refractivity contribution >= 4 is 50.1 Å². The Morgan fingerprint density at radius 3 is 2.76 bits per heavy atom. The fourth-order valence-electron chi connectivity index (χ4n) is 3.67. The van der Waals surface area contributed by atoms with E-state index >= 15 is 0 Å². The normalized spacial score (nSPS) is 23.1. The number of nitrogens with zero attached hydrogens (tertiary/aromatic N) is 4. The minimum absolute atomic E-state index is 0.0830. The number of nitrogens with two attached hydrogens (primary N) is 1. The molecule has 0 radical (unpaired) electrons. The quantitative estimate of drug-likeness (QED) is 0.144. The molecule has 3 atom stereocenters. The first-order chi connectivity index (χ1) is 17.8. The Balaban J connectivity index is 1.66. The van der Waals surface area contributed by atoms with E-state index in [0.29, 0.717) is 22.1 Å². The molecule has 0 amide bonds. The summed E-state index contributed by atoms with van der Waals surface area (Å²) in [5, 5.41) is 0.650. The number of thioether (sulfide) groups is 1. The molecule has 2 N–H and O–H groups in total. The monoisotopic (exact) mass is 551 g/mol. The summed E-state index contributed by atoms with van der Waals surface area (Å²) < 4.78 is 36.9. The summed E-state index contributed by atoms with van der Waals surface area (Å²) >= 11 is 1.53. The number of aromatic nitrogens is 4. The number of benzene rings is 1. The number of ether oxygens (including phenoxy) is 3. The SMILES string of the molecule is B[PH]1(OCOC(C)=O)OC[C@H](OC)[C@H](n2c(SCc3ccccc3)nc3c(N)ncnc32)O[C@@H](C)CO1. The number of methoxy groups -OCH3 is 1. The van der Waals surface area contributed by atoms with Gasteiger partial charge in [0.1, 0.15) is 0 Å². The van der Waals surface area contributed by atoms with Gasteiger partial charge in [-0.25, -0.2) is 0 Å². The van der Waals surface area contributed by atoms with Crippen LogP contribution in [0.25, 0.3) is 11.2 Å². The third kappa shape index (κ3) is 6.96. The Kier molecular flexibility index (Phi) is 9.35. The van der Waals surface area contributed by atoms with Crippen molar-refractivity contribution in [2.24, 2.45) is 0 Å². The summed E-state index contributed by atoms with van der Waals surface area (Å²) in [7, 11) is 0.128. The molecule has 1 aliphatic heterocycles. The molecule has 4 rings (SSSR count).